The van der Waals surface area contributed by atoms with Gasteiger partial charge in [0.1, 0.15) is 0 Å². The van der Waals surface area contributed by atoms with E-state index in [2.05, 4.69) is 32.9 Å². The summed E-state index contributed by atoms with van der Waals surface area (Å²) in [5.74, 6) is 0.408. The molecule has 0 aromatic heterocycles. The Bertz CT molecular complexity index is 256. The van der Waals surface area contributed by atoms with Crippen LogP contribution in [0.3, 0.4) is 0 Å². The second-order valence-corrected chi connectivity index (χ2v) is 6.35. The molecule has 0 aliphatic heterocycles. The fraction of sp³-hybridized carbons (Fsp3) is 0.842. The number of allylic oxidation sites excluding steroid dienone is 2. The quantitative estimate of drug-likeness (QED) is 0.221. The first-order valence-electron chi connectivity index (χ1n) is 8.97. The summed E-state index contributed by atoms with van der Waals surface area (Å²) in [4.78, 5) is 11.4. The highest BCUT2D eigenvalue weighted by Crippen LogP contribution is 2.10. The van der Waals surface area contributed by atoms with Gasteiger partial charge in [-0.3, -0.25) is 4.79 Å². The molecule has 0 amide bonds. The standard InChI is InChI=1S/C19H36O2/c1-4-5-6-7-8-9-10-11-12-13-14-15-16-19(20)21-17-18(2)3/h7-8,18H,4-6,9-17H2,1-3H3/b8-7-. The molecule has 0 heterocycles. The van der Waals surface area contributed by atoms with Crippen molar-refractivity contribution in [2.75, 3.05) is 6.61 Å². The molecule has 0 aromatic carbocycles. The van der Waals surface area contributed by atoms with Crippen molar-refractivity contribution in [2.24, 2.45) is 5.92 Å². The number of hydrogen-bond acceptors (Lipinski definition) is 2. The summed E-state index contributed by atoms with van der Waals surface area (Å²) in [7, 11) is 0. The molecule has 0 aliphatic carbocycles. The van der Waals surface area contributed by atoms with E-state index in [-0.39, 0.29) is 5.97 Å². The molecule has 0 atom stereocenters. The van der Waals surface area contributed by atoms with Gasteiger partial charge in [0.05, 0.1) is 6.61 Å². The Kier molecular flexibility index (Phi) is 15.0. The zero-order valence-corrected chi connectivity index (χ0v) is 14.5. The molecule has 0 radical (unpaired) electrons. The normalized spacial score (nSPS) is 11.4. The Morgan fingerprint density at radius 1 is 0.905 bits per heavy atom. The molecule has 0 spiro atoms. The van der Waals surface area contributed by atoms with Crippen LogP contribution >= 0.6 is 0 Å². The predicted octanol–water partition coefficient (Wildman–Crippen LogP) is 6.05. The summed E-state index contributed by atoms with van der Waals surface area (Å²) >= 11 is 0. The van der Waals surface area contributed by atoms with Gasteiger partial charge in [-0.2, -0.15) is 0 Å². The second kappa shape index (κ2) is 15.6. The van der Waals surface area contributed by atoms with Crippen LogP contribution in [0, 0.1) is 5.92 Å². The van der Waals surface area contributed by atoms with Crippen molar-refractivity contribution in [3.8, 4) is 0 Å². The first kappa shape index (κ1) is 20.2. The molecule has 0 rings (SSSR count). The van der Waals surface area contributed by atoms with E-state index in [1.807, 2.05) is 0 Å². The van der Waals surface area contributed by atoms with Crippen molar-refractivity contribution in [2.45, 2.75) is 91.4 Å². The third-order valence-electron chi connectivity index (χ3n) is 3.47. The van der Waals surface area contributed by atoms with Crippen LogP contribution in [0.4, 0.5) is 0 Å². The smallest absolute Gasteiger partial charge is 0.305 e. The average Bonchev–Trinajstić information content (AvgIpc) is 2.46. The molecule has 0 N–H and O–H groups in total. The molecule has 0 unspecified atom stereocenters. The molecule has 0 saturated heterocycles. The first-order chi connectivity index (χ1) is 10.2. The maximum Gasteiger partial charge on any atom is 0.305 e. The lowest BCUT2D eigenvalue weighted by atomic mass is 10.1. The maximum absolute atomic E-state index is 11.4. The zero-order chi connectivity index (χ0) is 15.8. The van der Waals surface area contributed by atoms with Gasteiger partial charge < -0.3 is 4.74 Å². The van der Waals surface area contributed by atoms with Crippen LogP contribution < -0.4 is 0 Å². The molecule has 0 bridgehead atoms. The number of carbonyl (C=O) groups excluding carboxylic acids is 1. The van der Waals surface area contributed by atoms with Crippen molar-refractivity contribution < 1.29 is 9.53 Å². The highest BCUT2D eigenvalue weighted by molar-refractivity contribution is 5.69. The van der Waals surface area contributed by atoms with Crippen molar-refractivity contribution >= 4 is 5.97 Å². The SMILES string of the molecule is CCCC/C=C\CCCCCCCCC(=O)OCC(C)C. The van der Waals surface area contributed by atoms with Gasteiger partial charge in [0, 0.05) is 6.42 Å². The Labute approximate surface area is 132 Å². The number of unbranched alkanes of at least 4 members (excludes halogenated alkanes) is 8. The summed E-state index contributed by atoms with van der Waals surface area (Å²) in [5.41, 5.74) is 0. The van der Waals surface area contributed by atoms with Crippen molar-refractivity contribution in [1.29, 1.82) is 0 Å². The van der Waals surface area contributed by atoms with Gasteiger partial charge in [-0.25, -0.2) is 0 Å². The average molecular weight is 296 g/mol. The molecular weight excluding hydrogens is 260 g/mol. The van der Waals surface area contributed by atoms with Gasteiger partial charge in [-0.15, -0.1) is 0 Å². The van der Waals surface area contributed by atoms with E-state index < -0.39 is 0 Å². The zero-order valence-electron chi connectivity index (χ0n) is 14.5. The topological polar surface area (TPSA) is 26.3 Å². The molecule has 124 valence electrons. The maximum atomic E-state index is 11.4. The summed E-state index contributed by atoms with van der Waals surface area (Å²) in [6, 6.07) is 0. The van der Waals surface area contributed by atoms with Gasteiger partial charge in [0.2, 0.25) is 0 Å². The highest BCUT2D eigenvalue weighted by Gasteiger charge is 2.03. The summed E-state index contributed by atoms with van der Waals surface area (Å²) in [6.45, 7) is 6.92. The third kappa shape index (κ3) is 17.2. The van der Waals surface area contributed by atoms with Gasteiger partial charge in [0.15, 0.2) is 0 Å². The van der Waals surface area contributed by atoms with Crippen LogP contribution in [-0.4, -0.2) is 12.6 Å². The van der Waals surface area contributed by atoms with Crippen molar-refractivity contribution in [3.63, 3.8) is 0 Å². The number of rotatable bonds is 14. The first-order valence-corrected chi connectivity index (χ1v) is 8.97. The summed E-state index contributed by atoms with van der Waals surface area (Å²) < 4.78 is 5.16. The van der Waals surface area contributed by atoms with Crippen LogP contribution in [0.1, 0.15) is 91.4 Å². The van der Waals surface area contributed by atoms with Crippen LogP contribution in [0.15, 0.2) is 12.2 Å². The summed E-state index contributed by atoms with van der Waals surface area (Å²) in [6.07, 6.45) is 17.6. The van der Waals surface area contributed by atoms with E-state index in [0.717, 1.165) is 12.8 Å². The fourth-order valence-electron chi connectivity index (χ4n) is 2.13. The molecule has 0 aromatic rings. The molecule has 0 aliphatic rings. The number of esters is 1. The number of ether oxygens (including phenoxy) is 1. The number of hydrogen-bond donors (Lipinski definition) is 0. The Morgan fingerprint density at radius 3 is 2.10 bits per heavy atom. The Morgan fingerprint density at radius 2 is 1.48 bits per heavy atom. The lowest BCUT2D eigenvalue weighted by molar-refractivity contribution is -0.144. The molecule has 2 heteroatoms. The second-order valence-electron chi connectivity index (χ2n) is 6.35. The minimum absolute atomic E-state index is 0.0269. The van der Waals surface area contributed by atoms with E-state index >= 15 is 0 Å². The monoisotopic (exact) mass is 296 g/mol. The van der Waals surface area contributed by atoms with Gasteiger partial charge in [0.25, 0.3) is 0 Å². The molecule has 2 nitrogen and oxygen atoms in total. The van der Waals surface area contributed by atoms with Crippen molar-refractivity contribution in [1.82, 2.24) is 0 Å². The van der Waals surface area contributed by atoms with Gasteiger partial charge in [-0.05, 0) is 31.6 Å². The highest BCUT2D eigenvalue weighted by atomic mass is 16.5. The molecular formula is C19H36O2. The van der Waals surface area contributed by atoms with Crippen LogP contribution in [0.2, 0.25) is 0 Å². The van der Waals surface area contributed by atoms with Gasteiger partial charge in [-0.1, -0.05) is 71.4 Å². The van der Waals surface area contributed by atoms with Crippen LogP contribution in [0.5, 0.6) is 0 Å². The van der Waals surface area contributed by atoms with E-state index in [4.69, 9.17) is 4.74 Å². The minimum Gasteiger partial charge on any atom is -0.465 e. The minimum atomic E-state index is -0.0269. The van der Waals surface area contributed by atoms with Crippen LogP contribution in [-0.2, 0) is 9.53 Å². The Balaban J connectivity index is 3.18. The lowest BCUT2D eigenvalue weighted by Gasteiger charge is -2.06. The molecule has 0 saturated carbocycles. The van der Waals surface area contributed by atoms with E-state index in [1.165, 1.54) is 51.4 Å². The number of carbonyl (C=O) groups is 1. The van der Waals surface area contributed by atoms with E-state index in [9.17, 15) is 4.79 Å². The third-order valence-corrected chi connectivity index (χ3v) is 3.47. The van der Waals surface area contributed by atoms with E-state index in [0.29, 0.717) is 18.9 Å². The summed E-state index contributed by atoms with van der Waals surface area (Å²) in [5, 5.41) is 0. The molecule has 0 fully saturated rings. The largest absolute Gasteiger partial charge is 0.465 e. The van der Waals surface area contributed by atoms with E-state index in [1.54, 1.807) is 0 Å². The van der Waals surface area contributed by atoms with Gasteiger partial charge >= 0.3 is 5.97 Å². The fourth-order valence-corrected chi connectivity index (χ4v) is 2.13. The molecule has 21 heavy (non-hydrogen) atoms. The lowest BCUT2D eigenvalue weighted by Crippen LogP contribution is -2.09. The predicted molar refractivity (Wildman–Crippen MR) is 91.4 cm³/mol. The Hall–Kier alpha value is -0.790. The van der Waals surface area contributed by atoms with Crippen molar-refractivity contribution in [3.05, 3.63) is 12.2 Å². The van der Waals surface area contributed by atoms with Crippen LogP contribution in [0.25, 0.3) is 0 Å².